The number of aromatic nitrogens is 1. The molecule has 0 spiro atoms. The van der Waals surface area contributed by atoms with E-state index in [1.54, 1.807) is 37.6 Å². The number of methoxy groups -OCH3 is 1. The minimum atomic E-state index is -0.359. The van der Waals surface area contributed by atoms with E-state index < -0.39 is 0 Å². The summed E-state index contributed by atoms with van der Waals surface area (Å²) in [5.41, 5.74) is 3.66. The predicted octanol–water partition coefficient (Wildman–Crippen LogP) is 4.11. The first kappa shape index (κ1) is 17.0. The molecule has 2 amide bonds. The lowest BCUT2D eigenvalue weighted by Crippen LogP contribution is -2.32. The molecular weight excluding hydrogens is 340 g/mol. The van der Waals surface area contributed by atoms with Crippen LogP contribution in [0.25, 0.3) is 11.1 Å². The van der Waals surface area contributed by atoms with Crippen molar-refractivity contribution in [1.29, 1.82) is 0 Å². The maximum atomic E-state index is 12.7. The van der Waals surface area contributed by atoms with E-state index >= 15 is 0 Å². The zero-order valence-corrected chi connectivity index (χ0v) is 15.0. The van der Waals surface area contributed by atoms with Crippen molar-refractivity contribution >= 4 is 11.8 Å². The number of hydrogen-bond acceptors (Lipinski definition) is 4. The Morgan fingerprint density at radius 2 is 1.44 bits per heavy atom. The van der Waals surface area contributed by atoms with Crippen LogP contribution in [0.2, 0.25) is 0 Å². The van der Waals surface area contributed by atoms with Crippen molar-refractivity contribution in [2.75, 3.05) is 7.11 Å². The average molecular weight is 358 g/mol. The third-order valence-corrected chi connectivity index (χ3v) is 4.88. The first-order chi connectivity index (χ1) is 13.1. The molecule has 5 heteroatoms. The highest BCUT2D eigenvalue weighted by molar-refractivity contribution is 6.21. The van der Waals surface area contributed by atoms with Gasteiger partial charge in [0.15, 0.2) is 0 Å². The van der Waals surface area contributed by atoms with E-state index in [0.29, 0.717) is 17.0 Å². The first-order valence-electron chi connectivity index (χ1n) is 8.68. The van der Waals surface area contributed by atoms with Gasteiger partial charge in [-0.05, 0) is 42.3 Å². The summed E-state index contributed by atoms with van der Waals surface area (Å²) >= 11 is 0. The van der Waals surface area contributed by atoms with Gasteiger partial charge in [-0.3, -0.25) is 14.5 Å². The number of benzene rings is 2. The Morgan fingerprint density at radius 1 is 0.852 bits per heavy atom. The Balaban J connectivity index is 1.63. The zero-order valence-electron chi connectivity index (χ0n) is 15.0. The molecule has 4 rings (SSSR count). The van der Waals surface area contributed by atoms with Crippen molar-refractivity contribution in [2.24, 2.45) is 0 Å². The predicted molar refractivity (Wildman–Crippen MR) is 102 cm³/mol. The average Bonchev–Trinajstić information content (AvgIpc) is 2.98. The molecule has 1 aromatic heterocycles. The molecule has 0 saturated carbocycles. The van der Waals surface area contributed by atoms with Crippen LogP contribution in [0.4, 0.5) is 0 Å². The van der Waals surface area contributed by atoms with Crippen molar-refractivity contribution in [3.8, 4) is 17.0 Å². The Kier molecular flexibility index (Phi) is 4.20. The van der Waals surface area contributed by atoms with Gasteiger partial charge in [0.2, 0.25) is 5.88 Å². The molecule has 0 N–H and O–H groups in total. The molecule has 2 heterocycles. The van der Waals surface area contributed by atoms with Gasteiger partial charge in [0.05, 0.1) is 24.3 Å². The molecule has 0 saturated heterocycles. The summed E-state index contributed by atoms with van der Waals surface area (Å²) in [7, 11) is 1.59. The fraction of sp³-hybridized carbons (Fsp3) is 0.136. The molecular formula is C22H18N2O3. The van der Waals surface area contributed by atoms with E-state index in [9.17, 15) is 9.59 Å². The summed E-state index contributed by atoms with van der Waals surface area (Å²) in [6.07, 6.45) is 1.68. The monoisotopic (exact) mass is 358 g/mol. The summed E-state index contributed by atoms with van der Waals surface area (Å²) in [4.78, 5) is 30.9. The molecule has 134 valence electrons. The highest BCUT2D eigenvalue weighted by Gasteiger charge is 2.38. The molecule has 0 bridgehead atoms. The van der Waals surface area contributed by atoms with Crippen LogP contribution in [0.3, 0.4) is 0 Å². The van der Waals surface area contributed by atoms with E-state index in [1.807, 2.05) is 43.3 Å². The second-order valence-corrected chi connectivity index (χ2v) is 6.38. The van der Waals surface area contributed by atoms with Crippen LogP contribution in [-0.2, 0) is 0 Å². The van der Waals surface area contributed by atoms with Crippen molar-refractivity contribution < 1.29 is 14.3 Å². The normalized spacial score (nSPS) is 14.2. The number of pyridine rings is 1. The number of amides is 2. The van der Waals surface area contributed by atoms with Crippen molar-refractivity contribution in [3.63, 3.8) is 0 Å². The minimum absolute atomic E-state index is 0.249. The molecule has 27 heavy (non-hydrogen) atoms. The van der Waals surface area contributed by atoms with E-state index in [-0.39, 0.29) is 17.9 Å². The van der Waals surface area contributed by atoms with Gasteiger partial charge in [-0.15, -0.1) is 0 Å². The van der Waals surface area contributed by atoms with Crippen LogP contribution in [0.5, 0.6) is 5.88 Å². The van der Waals surface area contributed by atoms with Gasteiger partial charge in [-0.1, -0.05) is 36.4 Å². The molecule has 2 aromatic carbocycles. The SMILES string of the molecule is COc1ncccc1-c1ccc([C@@H](C)N2C(=O)c3ccccc3C2=O)cc1. The highest BCUT2D eigenvalue weighted by Crippen LogP contribution is 2.33. The van der Waals surface area contributed by atoms with E-state index in [1.165, 1.54) is 4.90 Å². The van der Waals surface area contributed by atoms with Crippen molar-refractivity contribution in [3.05, 3.63) is 83.6 Å². The number of hydrogen-bond donors (Lipinski definition) is 0. The van der Waals surface area contributed by atoms with Crippen molar-refractivity contribution in [2.45, 2.75) is 13.0 Å². The summed E-state index contributed by atoms with van der Waals surface area (Å²) in [6, 6.07) is 18.1. The van der Waals surface area contributed by atoms with Crippen LogP contribution < -0.4 is 4.74 Å². The van der Waals surface area contributed by atoms with Gasteiger partial charge in [-0.2, -0.15) is 0 Å². The Morgan fingerprint density at radius 3 is 2.04 bits per heavy atom. The van der Waals surface area contributed by atoms with Gasteiger partial charge in [-0.25, -0.2) is 4.98 Å². The van der Waals surface area contributed by atoms with E-state index in [2.05, 4.69) is 4.98 Å². The lowest BCUT2D eigenvalue weighted by Gasteiger charge is -2.23. The standard InChI is InChI=1S/C22H18N2O3/c1-14(24-21(25)18-6-3-4-7-19(18)22(24)26)15-9-11-16(12-10-15)17-8-5-13-23-20(17)27-2/h3-14H,1-2H3/t14-/m1/s1. The first-order valence-corrected chi connectivity index (χ1v) is 8.68. The fourth-order valence-electron chi connectivity index (χ4n) is 3.42. The molecule has 0 aliphatic carbocycles. The van der Waals surface area contributed by atoms with Gasteiger partial charge in [0, 0.05) is 11.8 Å². The Bertz CT molecular complexity index is 993. The van der Waals surface area contributed by atoms with E-state index in [4.69, 9.17) is 4.74 Å². The number of ether oxygens (including phenoxy) is 1. The van der Waals surface area contributed by atoms with Gasteiger partial charge in [0.1, 0.15) is 0 Å². The van der Waals surface area contributed by atoms with Crippen LogP contribution in [0.1, 0.15) is 39.2 Å². The smallest absolute Gasteiger partial charge is 0.262 e. The topological polar surface area (TPSA) is 59.5 Å². The Labute approximate surface area is 157 Å². The number of imide groups is 1. The lowest BCUT2D eigenvalue weighted by molar-refractivity contribution is 0.0595. The van der Waals surface area contributed by atoms with Crippen molar-refractivity contribution in [1.82, 2.24) is 9.88 Å². The maximum Gasteiger partial charge on any atom is 0.262 e. The third-order valence-electron chi connectivity index (χ3n) is 4.88. The number of carbonyl (C=O) groups is 2. The lowest BCUT2D eigenvalue weighted by atomic mass is 10.0. The van der Waals surface area contributed by atoms with Crippen LogP contribution in [-0.4, -0.2) is 28.8 Å². The number of nitrogens with zero attached hydrogens (tertiary/aromatic N) is 2. The molecule has 3 aromatic rings. The van der Waals surface area contributed by atoms with Crippen LogP contribution in [0.15, 0.2) is 66.9 Å². The van der Waals surface area contributed by atoms with Crippen LogP contribution >= 0.6 is 0 Å². The summed E-state index contributed by atoms with van der Waals surface area (Å²) in [6.45, 7) is 1.86. The molecule has 0 radical (unpaired) electrons. The Hall–Kier alpha value is -3.47. The van der Waals surface area contributed by atoms with Gasteiger partial charge >= 0.3 is 0 Å². The molecule has 0 unspecified atom stereocenters. The molecule has 1 atom stereocenters. The second kappa shape index (κ2) is 6.68. The van der Waals surface area contributed by atoms with E-state index in [0.717, 1.165) is 16.7 Å². The highest BCUT2D eigenvalue weighted by atomic mass is 16.5. The zero-order chi connectivity index (χ0) is 19.0. The summed E-state index contributed by atoms with van der Waals surface area (Å²) in [5.74, 6) is 0.0563. The largest absolute Gasteiger partial charge is 0.481 e. The number of fused-ring (bicyclic) bond motifs is 1. The van der Waals surface area contributed by atoms with Gasteiger partial charge in [0.25, 0.3) is 11.8 Å². The minimum Gasteiger partial charge on any atom is -0.481 e. The molecule has 0 fully saturated rings. The molecule has 5 nitrogen and oxygen atoms in total. The van der Waals surface area contributed by atoms with Crippen LogP contribution in [0, 0.1) is 0 Å². The number of carbonyl (C=O) groups excluding carboxylic acids is 2. The quantitative estimate of drug-likeness (QED) is 0.659. The maximum absolute atomic E-state index is 12.7. The molecule has 1 aliphatic heterocycles. The fourth-order valence-corrected chi connectivity index (χ4v) is 3.42. The molecule has 1 aliphatic rings. The summed E-state index contributed by atoms with van der Waals surface area (Å²) < 4.78 is 5.31. The summed E-state index contributed by atoms with van der Waals surface area (Å²) in [5, 5.41) is 0. The number of rotatable bonds is 4. The third kappa shape index (κ3) is 2.77. The van der Waals surface area contributed by atoms with Gasteiger partial charge < -0.3 is 4.74 Å². The second-order valence-electron chi connectivity index (χ2n) is 6.38.